The lowest BCUT2D eigenvalue weighted by Gasteiger charge is -2.18. The van der Waals surface area contributed by atoms with Crippen LogP contribution in [0.4, 0.5) is 0 Å². The van der Waals surface area contributed by atoms with E-state index in [0.29, 0.717) is 5.71 Å². The minimum absolute atomic E-state index is 0.428. The van der Waals surface area contributed by atoms with Crippen LogP contribution in [0.2, 0.25) is 0 Å². The van der Waals surface area contributed by atoms with Crippen LogP contribution in [0.3, 0.4) is 0 Å². The molecule has 0 radical (unpaired) electrons. The molecule has 0 heterocycles. The molecule has 0 aromatic rings. The maximum absolute atomic E-state index is 9.78. The highest BCUT2D eigenvalue weighted by atomic mass is 16.4. The molecule has 0 spiro atoms. The third-order valence-electron chi connectivity index (χ3n) is 1.07. The zero-order valence-electron chi connectivity index (χ0n) is 5.43. The molecular weight excluding hydrogens is 104 g/mol. The summed E-state index contributed by atoms with van der Waals surface area (Å²) in [7, 11) is 0. The SMILES string of the molecule is CC(=N[O-])C(C)(C)N. The predicted molar refractivity (Wildman–Crippen MR) is 34.7 cm³/mol. The summed E-state index contributed by atoms with van der Waals surface area (Å²) in [6.45, 7) is 5.10. The lowest BCUT2D eigenvalue weighted by molar-refractivity contribution is 0.695. The maximum atomic E-state index is 9.78. The molecule has 0 unspecified atom stereocenters. The second-order valence-corrected chi connectivity index (χ2v) is 2.40. The van der Waals surface area contributed by atoms with Crippen molar-refractivity contribution in [3.8, 4) is 0 Å². The van der Waals surface area contributed by atoms with Crippen LogP contribution >= 0.6 is 0 Å². The van der Waals surface area contributed by atoms with E-state index in [2.05, 4.69) is 5.16 Å². The van der Waals surface area contributed by atoms with Gasteiger partial charge in [0.1, 0.15) is 0 Å². The molecule has 3 nitrogen and oxygen atoms in total. The second kappa shape index (κ2) is 2.13. The second-order valence-electron chi connectivity index (χ2n) is 2.40. The van der Waals surface area contributed by atoms with Gasteiger partial charge in [-0.1, -0.05) is 0 Å². The summed E-state index contributed by atoms with van der Waals surface area (Å²) >= 11 is 0. The van der Waals surface area contributed by atoms with Gasteiger partial charge in [-0.3, -0.25) is 0 Å². The molecule has 0 saturated carbocycles. The molecule has 0 atom stereocenters. The van der Waals surface area contributed by atoms with Crippen LogP contribution in [0.15, 0.2) is 5.16 Å². The monoisotopic (exact) mass is 115 g/mol. The molecule has 0 aromatic heterocycles. The number of rotatable bonds is 1. The van der Waals surface area contributed by atoms with Gasteiger partial charge in [-0.25, -0.2) is 0 Å². The molecule has 0 aliphatic heterocycles. The van der Waals surface area contributed by atoms with E-state index in [0.717, 1.165) is 0 Å². The van der Waals surface area contributed by atoms with Gasteiger partial charge in [0.25, 0.3) is 0 Å². The Morgan fingerprint density at radius 3 is 2.00 bits per heavy atom. The Balaban J connectivity index is 4.03. The molecule has 0 bridgehead atoms. The van der Waals surface area contributed by atoms with Crippen molar-refractivity contribution in [2.45, 2.75) is 26.3 Å². The average Bonchev–Trinajstić information content (AvgIpc) is 1.62. The third kappa shape index (κ3) is 1.93. The molecule has 0 aromatic carbocycles. The normalized spacial score (nSPS) is 14.2. The Morgan fingerprint density at radius 2 is 2.00 bits per heavy atom. The zero-order chi connectivity index (χ0) is 6.78. The fourth-order valence-corrected chi connectivity index (χ4v) is 0.118. The summed E-state index contributed by atoms with van der Waals surface area (Å²) < 4.78 is 0. The molecular formula is C5H11N2O-. The fourth-order valence-electron chi connectivity index (χ4n) is 0.118. The van der Waals surface area contributed by atoms with Gasteiger partial charge in [0, 0.05) is 11.3 Å². The predicted octanol–water partition coefficient (Wildman–Crippen LogP) is 0.682. The first-order valence-electron chi connectivity index (χ1n) is 2.44. The van der Waals surface area contributed by atoms with Gasteiger partial charge in [-0.2, -0.15) is 0 Å². The number of nitrogens with two attached hydrogens (primary N) is 1. The summed E-state index contributed by atoms with van der Waals surface area (Å²) in [6, 6.07) is 0. The molecule has 0 fully saturated rings. The Kier molecular flexibility index (Phi) is 1.98. The van der Waals surface area contributed by atoms with E-state index in [9.17, 15) is 5.21 Å². The van der Waals surface area contributed by atoms with Crippen LogP contribution in [-0.4, -0.2) is 11.3 Å². The van der Waals surface area contributed by atoms with Gasteiger partial charge in [-0.05, 0) is 20.8 Å². The first-order chi connectivity index (χ1) is 3.48. The van der Waals surface area contributed by atoms with Crippen LogP contribution in [0, 0.1) is 5.21 Å². The first-order valence-corrected chi connectivity index (χ1v) is 2.44. The van der Waals surface area contributed by atoms with Gasteiger partial charge >= 0.3 is 0 Å². The van der Waals surface area contributed by atoms with Crippen LogP contribution in [0.1, 0.15) is 20.8 Å². The minimum atomic E-state index is -0.554. The Labute approximate surface area is 49.2 Å². The van der Waals surface area contributed by atoms with Crippen molar-refractivity contribution in [2.24, 2.45) is 10.9 Å². The molecule has 0 saturated heterocycles. The fraction of sp³-hybridized carbons (Fsp3) is 0.800. The first kappa shape index (κ1) is 7.43. The van der Waals surface area contributed by atoms with E-state index < -0.39 is 5.54 Å². The summed E-state index contributed by atoms with van der Waals surface area (Å²) in [5.74, 6) is 0. The van der Waals surface area contributed by atoms with Crippen molar-refractivity contribution in [3.05, 3.63) is 5.21 Å². The molecule has 2 N–H and O–H groups in total. The van der Waals surface area contributed by atoms with Gasteiger partial charge in [0.2, 0.25) is 0 Å². The van der Waals surface area contributed by atoms with Gasteiger partial charge in [0.15, 0.2) is 0 Å². The highest BCUT2D eigenvalue weighted by Gasteiger charge is 2.11. The smallest absolute Gasteiger partial charge is 0.0475 e. The van der Waals surface area contributed by atoms with Crippen LogP contribution in [0.25, 0.3) is 0 Å². The lowest BCUT2D eigenvalue weighted by Crippen LogP contribution is -2.39. The lowest BCUT2D eigenvalue weighted by atomic mass is 10.0. The topological polar surface area (TPSA) is 61.4 Å². The van der Waals surface area contributed by atoms with E-state index in [4.69, 9.17) is 5.73 Å². The Morgan fingerprint density at radius 1 is 1.62 bits per heavy atom. The van der Waals surface area contributed by atoms with E-state index in [1.165, 1.54) is 0 Å². The standard InChI is InChI=1S/C5H12N2O/c1-4(7-8)5(2,3)6/h8H,6H2,1-3H3/p-1. The molecule has 0 rings (SSSR count). The van der Waals surface area contributed by atoms with Crippen molar-refractivity contribution in [3.63, 3.8) is 0 Å². The van der Waals surface area contributed by atoms with Gasteiger partial charge < -0.3 is 16.1 Å². The number of nitrogens with zero attached hydrogens (tertiary/aromatic N) is 1. The van der Waals surface area contributed by atoms with Crippen molar-refractivity contribution in [2.75, 3.05) is 0 Å². The van der Waals surface area contributed by atoms with E-state index >= 15 is 0 Å². The summed E-state index contributed by atoms with van der Waals surface area (Å²) in [4.78, 5) is 0. The quantitative estimate of drug-likeness (QED) is 0.403. The molecule has 48 valence electrons. The molecule has 0 aliphatic rings. The highest BCUT2D eigenvalue weighted by molar-refractivity contribution is 5.90. The minimum Gasteiger partial charge on any atom is -0.792 e. The molecule has 0 aliphatic carbocycles. The van der Waals surface area contributed by atoms with E-state index in [1.54, 1.807) is 20.8 Å². The van der Waals surface area contributed by atoms with Crippen molar-refractivity contribution < 1.29 is 0 Å². The van der Waals surface area contributed by atoms with Crippen molar-refractivity contribution in [1.82, 2.24) is 0 Å². The van der Waals surface area contributed by atoms with Crippen LogP contribution in [0.5, 0.6) is 0 Å². The van der Waals surface area contributed by atoms with Gasteiger partial charge in [-0.15, -0.1) is 0 Å². The van der Waals surface area contributed by atoms with Crippen molar-refractivity contribution >= 4 is 5.71 Å². The maximum Gasteiger partial charge on any atom is 0.0475 e. The third-order valence-corrected chi connectivity index (χ3v) is 1.07. The Bertz CT molecular complexity index is 101. The largest absolute Gasteiger partial charge is 0.792 e. The number of hydrogen-bond donors (Lipinski definition) is 1. The van der Waals surface area contributed by atoms with Crippen molar-refractivity contribution in [1.29, 1.82) is 0 Å². The average molecular weight is 115 g/mol. The Hall–Kier alpha value is -0.570. The molecule has 8 heavy (non-hydrogen) atoms. The van der Waals surface area contributed by atoms with Gasteiger partial charge in [0.05, 0.1) is 0 Å². The zero-order valence-corrected chi connectivity index (χ0v) is 5.43. The summed E-state index contributed by atoms with van der Waals surface area (Å²) in [5, 5.41) is 12.5. The van der Waals surface area contributed by atoms with Crippen LogP contribution in [-0.2, 0) is 0 Å². The molecule has 3 heteroatoms. The summed E-state index contributed by atoms with van der Waals surface area (Å²) in [6.07, 6.45) is 0. The van der Waals surface area contributed by atoms with E-state index in [-0.39, 0.29) is 0 Å². The summed E-state index contributed by atoms with van der Waals surface area (Å²) in [5.41, 5.74) is 5.33. The number of hydrogen-bond acceptors (Lipinski definition) is 3. The highest BCUT2D eigenvalue weighted by Crippen LogP contribution is 1.98. The van der Waals surface area contributed by atoms with E-state index in [1.807, 2.05) is 0 Å². The van der Waals surface area contributed by atoms with Crippen LogP contribution < -0.4 is 5.73 Å². The molecule has 0 amide bonds.